The minimum Gasteiger partial charge on any atom is -0.444 e. The number of hydrogen-bond acceptors (Lipinski definition) is 3. The summed E-state index contributed by atoms with van der Waals surface area (Å²) in [6.07, 6.45) is 2.66. The van der Waals surface area contributed by atoms with Gasteiger partial charge in [0.05, 0.1) is 0 Å². The van der Waals surface area contributed by atoms with E-state index in [1.54, 1.807) is 0 Å². The van der Waals surface area contributed by atoms with Gasteiger partial charge in [0.15, 0.2) is 0 Å². The molecular formula is C19H29FN2O2. The molecule has 1 aliphatic heterocycles. The maximum atomic E-state index is 13.1. The highest BCUT2D eigenvalue weighted by Crippen LogP contribution is 2.25. The summed E-state index contributed by atoms with van der Waals surface area (Å²) in [4.78, 5) is 11.9. The zero-order valence-electron chi connectivity index (χ0n) is 14.9. The second-order valence-corrected chi connectivity index (χ2v) is 7.56. The number of piperidine rings is 1. The lowest BCUT2D eigenvalue weighted by Gasteiger charge is -2.31. The van der Waals surface area contributed by atoms with Crippen LogP contribution in [-0.4, -0.2) is 31.3 Å². The van der Waals surface area contributed by atoms with Gasteiger partial charge in [-0.15, -0.1) is 0 Å². The highest BCUT2D eigenvalue weighted by molar-refractivity contribution is 5.67. The first-order chi connectivity index (χ1) is 11.3. The van der Waals surface area contributed by atoms with Crippen LogP contribution in [0.3, 0.4) is 0 Å². The average molecular weight is 336 g/mol. The van der Waals surface area contributed by atoms with Gasteiger partial charge in [0.25, 0.3) is 0 Å². The van der Waals surface area contributed by atoms with E-state index in [2.05, 4.69) is 10.6 Å². The first-order valence-corrected chi connectivity index (χ1v) is 8.75. The molecule has 0 spiro atoms. The average Bonchev–Trinajstić information content (AvgIpc) is 2.52. The Balaban J connectivity index is 1.97. The molecule has 1 atom stereocenters. The van der Waals surface area contributed by atoms with Crippen molar-refractivity contribution in [2.24, 2.45) is 11.8 Å². The topological polar surface area (TPSA) is 50.4 Å². The van der Waals surface area contributed by atoms with Crippen molar-refractivity contribution in [3.05, 3.63) is 35.6 Å². The number of hydrogen-bond donors (Lipinski definition) is 2. The van der Waals surface area contributed by atoms with Crippen molar-refractivity contribution in [2.45, 2.75) is 45.6 Å². The number of amides is 1. The van der Waals surface area contributed by atoms with Crippen molar-refractivity contribution < 1.29 is 13.9 Å². The predicted octanol–water partition coefficient (Wildman–Crippen LogP) is 3.51. The zero-order valence-corrected chi connectivity index (χ0v) is 14.9. The van der Waals surface area contributed by atoms with Gasteiger partial charge >= 0.3 is 6.09 Å². The molecule has 1 amide bonds. The van der Waals surface area contributed by atoms with Crippen LogP contribution in [0.4, 0.5) is 9.18 Å². The van der Waals surface area contributed by atoms with Gasteiger partial charge in [0.1, 0.15) is 11.4 Å². The van der Waals surface area contributed by atoms with Crippen molar-refractivity contribution in [1.82, 2.24) is 10.6 Å². The number of ether oxygens (including phenoxy) is 1. The fourth-order valence-electron chi connectivity index (χ4n) is 3.17. The van der Waals surface area contributed by atoms with Crippen LogP contribution in [0.5, 0.6) is 0 Å². The molecular weight excluding hydrogens is 307 g/mol. The Morgan fingerprint density at radius 3 is 2.50 bits per heavy atom. The molecule has 5 heteroatoms. The number of rotatable bonds is 5. The number of carbonyl (C=O) groups excluding carboxylic acids is 1. The minimum atomic E-state index is -0.495. The largest absolute Gasteiger partial charge is 0.444 e. The molecule has 24 heavy (non-hydrogen) atoms. The van der Waals surface area contributed by atoms with E-state index in [9.17, 15) is 9.18 Å². The third-order valence-corrected chi connectivity index (χ3v) is 4.37. The van der Waals surface area contributed by atoms with Crippen LogP contribution < -0.4 is 10.6 Å². The van der Waals surface area contributed by atoms with E-state index >= 15 is 0 Å². The Labute approximate surface area is 144 Å². The number of halogens is 1. The molecule has 1 aromatic carbocycles. The Kier molecular flexibility index (Phi) is 6.60. The van der Waals surface area contributed by atoms with Crippen molar-refractivity contribution in [3.8, 4) is 0 Å². The Morgan fingerprint density at radius 2 is 1.92 bits per heavy atom. The summed E-state index contributed by atoms with van der Waals surface area (Å²) in [6.45, 7) is 8.17. The maximum absolute atomic E-state index is 13.1. The van der Waals surface area contributed by atoms with Crippen LogP contribution in [0.1, 0.15) is 39.2 Å². The van der Waals surface area contributed by atoms with Crippen LogP contribution >= 0.6 is 0 Å². The van der Waals surface area contributed by atoms with Gasteiger partial charge in [-0.05, 0) is 82.7 Å². The molecule has 134 valence electrons. The SMILES string of the molecule is CC(C)(C)OC(=O)NC[C@H](Cc1ccc(F)cc1)C1CCNCC1. The van der Waals surface area contributed by atoms with E-state index in [-0.39, 0.29) is 11.9 Å². The summed E-state index contributed by atoms with van der Waals surface area (Å²) in [7, 11) is 0. The van der Waals surface area contributed by atoms with Crippen LogP contribution in [0.15, 0.2) is 24.3 Å². The zero-order chi connectivity index (χ0) is 17.6. The maximum Gasteiger partial charge on any atom is 0.407 e. The molecule has 1 heterocycles. The van der Waals surface area contributed by atoms with Gasteiger partial charge in [-0.25, -0.2) is 9.18 Å². The van der Waals surface area contributed by atoms with Gasteiger partial charge in [-0.1, -0.05) is 12.1 Å². The molecule has 0 saturated carbocycles. The van der Waals surface area contributed by atoms with Gasteiger partial charge in [-0.2, -0.15) is 0 Å². The molecule has 0 bridgehead atoms. The number of alkyl carbamates (subject to hydrolysis) is 1. The van der Waals surface area contributed by atoms with Crippen LogP contribution in [0.25, 0.3) is 0 Å². The van der Waals surface area contributed by atoms with Crippen molar-refractivity contribution >= 4 is 6.09 Å². The summed E-state index contributed by atoms with van der Waals surface area (Å²) >= 11 is 0. The lowest BCUT2D eigenvalue weighted by atomic mass is 9.81. The van der Waals surface area contributed by atoms with E-state index in [1.165, 1.54) is 12.1 Å². The van der Waals surface area contributed by atoms with Crippen molar-refractivity contribution in [3.63, 3.8) is 0 Å². The van der Waals surface area contributed by atoms with Crippen LogP contribution in [0.2, 0.25) is 0 Å². The summed E-state index contributed by atoms with van der Waals surface area (Å²) in [5.41, 5.74) is 0.608. The van der Waals surface area contributed by atoms with E-state index in [4.69, 9.17) is 4.74 Å². The third-order valence-electron chi connectivity index (χ3n) is 4.37. The van der Waals surface area contributed by atoms with E-state index in [0.29, 0.717) is 18.4 Å². The Hall–Kier alpha value is -1.62. The van der Waals surface area contributed by atoms with Gasteiger partial charge in [0.2, 0.25) is 0 Å². The second kappa shape index (κ2) is 8.47. The van der Waals surface area contributed by atoms with Crippen LogP contribution in [-0.2, 0) is 11.2 Å². The standard InChI is InChI=1S/C19H29FN2O2/c1-19(2,3)24-18(23)22-13-16(15-8-10-21-11-9-15)12-14-4-6-17(20)7-5-14/h4-7,15-16,21H,8-13H2,1-3H3,(H,22,23)/t16-/m0/s1. The summed E-state index contributed by atoms with van der Waals surface area (Å²) < 4.78 is 18.4. The lowest BCUT2D eigenvalue weighted by Crippen LogP contribution is -2.40. The number of benzene rings is 1. The second-order valence-electron chi connectivity index (χ2n) is 7.56. The highest BCUT2D eigenvalue weighted by atomic mass is 19.1. The predicted molar refractivity (Wildman–Crippen MR) is 93.4 cm³/mol. The molecule has 1 fully saturated rings. The quantitative estimate of drug-likeness (QED) is 0.865. The molecule has 1 aliphatic rings. The molecule has 2 rings (SSSR count). The molecule has 0 unspecified atom stereocenters. The Morgan fingerprint density at radius 1 is 1.29 bits per heavy atom. The fraction of sp³-hybridized carbons (Fsp3) is 0.632. The minimum absolute atomic E-state index is 0.218. The van der Waals surface area contributed by atoms with E-state index in [0.717, 1.165) is 37.9 Å². The van der Waals surface area contributed by atoms with Gasteiger partial charge in [-0.3, -0.25) is 0 Å². The molecule has 0 radical (unpaired) electrons. The fourth-order valence-corrected chi connectivity index (χ4v) is 3.17. The molecule has 4 nitrogen and oxygen atoms in total. The van der Waals surface area contributed by atoms with Gasteiger partial charge in [0, 0.05) is 6.54 Å². The first-order valence-electron chi connectivity index (χ1n) is 8.75. The van der Waals surface area contributed by atoms with Crippen molar-refractivity contribution in [1.29, 1.82) is 0 Å². The van der Waals surface area contributed by atoms with Crippen LogP contribution in [0, 0.1) is 17.7 Å². The summed E-state index contributed by atoms with van der Waals surface area (Å²) in [5, 5.41) is 6.29. The molecule has 1 saturated heterocycles. The highest BCUT2D eigenvalue weighted by Gasteiger charge is 2.25. The van der Waals surface area contributed by atoms with E-state index in [1.807, 2.05) is 32.9 Å². The molecule has 0 aromatic heterocycles. The smallest absolute Gasteiger partial charge is 0.407 e. The number of nitrogens with one attached hydrogen (secondary N) is 2. The van der Waals surface area contributed by atoms with Crippen molar-refractivity contribution in [2.75, 3.05) is 19.6 Å². The molecule has 2 N–H and O–H groups in total. The summed E-state index contributed by atoms with van der Waals surface area (Å²) in [5.74, 6) is 0.653. The third kappa shape index (κ3) is 6.48. The lowest BCUT2D eigenvalue weighted by molar-refractivity contribution is 0.0510. The monoisotopic (exact) mass is 336 g/mol. The number of carbonyl (C=O) groups is 1. The van der Waals surface area contributed by atoms with Gasteiger partial charge < -0.3 is 15.4 Å². The summed E-state index contributed by atoms with van der Waals surface area (Å²) in [6, 6.07) is 6.65. The molecule has 1 aromatic rings. The first kappa shape index (κ1) is 18.7. The normalized spacial score (nSPS) is 17.3. The molecule has 0 aliphatic carbocycles. The Bertz CT molecular complexity index is 519. The van der Waals surface area contributed by atoms with E-state index < -0.39 is 5.60 Å².